The molecule has 58 valence electrons. The van der Waals surface area contributed by atoms with Gasteiger partial charge in [-0.3, -0.25) is 0 Å². The molecule has 0 aliphatic carbocycles. The third kappa shape index (κ3) is 0.479. The third-order valence-corrected chi connectivity index (χ3v) is 1.89. The molecule has 1 fully saturated rings. The van der Waals surface area contributed by atoms with Crippen LogP contribution in [-0.4, -0.2) is 25.2 Å². The molecule has 1 saturated heterocycles. The molecule has 5 nitrogen and oxygen atoms in total. The fourth-order valence-corrected chi connectivity index (χ4v) is 1.33. The lowest BCUT2D eigenvalue weighted by Gasteiger charge is -2.15. The molecular formula is C6H5NO4. The fourth-order valence-electron chi connectivity index (χ4n) is 1.33. The number of hydrogen-bond donors (Lipinski definition) is 0. The van der Waals surface area contributed by atoms with Crippen molar-refractivity contribution in [2.75, 3.05) is 6.79 Å². The molecule has 3 aliphatic rings. The fraction of sp³-hybridized carbons (Fsp3) is 0.500. The molecule has 1 spiro atoms. The zero-order chi connectivity index (χ0) is 7.31. The molecule has 3 heterocycles. The van der Waals surface area contributed by atoms with Crippen LogP contribution in [0.1, 0.15) is 0 Å². The Morgan fingerprint density at radius 2 is 2.64 bits per heavy atom. The Hall–Kier alpha value is -1.07. The summed E-state index contributed by atoms with van der Waals surface area (Å²) in [5.41, 5.74) is -0.819. The van der Waals surface area contributed by atoms with Gasteiger partial charge in [-0.05, 0) is 0 Å². The normalized spacial score (nSPS) is 44.4. The molecule has 5 heteroatoms. The largest absolute Gasteiger partial charge is 0.463 e. The molecule has 11 heavy (non-hydrogen) atoms. The summed E-state index contributed by atoms with van der Waals surface area (Å²) >= 11 is 0. The monoisotopic (exact) mass is 155 g/mol. The summed E-state index contributed by atoms with van der Waals surface area (Å²) in [4.78, 5) is 4.00. The average Bonchev–Trinajstić information content (AvgIpc) is 2.55. The van der Waals surface area contributed by atoms with Gasteiger partial charge in [0.25, 0.3) is 12.0 Å². The van der Waals surface area contributed by atoms with E-state index in [0.29, 0.717) is 5.76 Å². The smallest absolute Gasteiger partial charge is 0.289 e. The minimum absolute atomic E-state index is 0.197. The van der Waals surface area contributed by atoms with Crippen LogP contribution in [0.2, 0.25) is 0 Å². The van der Waals surface area contributed by atoms with E-state index in [1.807, 2.05) is 0 Å². The highest BCUT2D eigenvalue weighted by atomic mass is 16.8. The van der Waals surface area contributed by atoms with Crippen molar-refractivity contribution in [1.82, 2.24) is 0 Å². The van der Waals surface area contributed by atoms with Gasteiger partial charge in [0.2, 0.25) is 5.76 Å². The van der Waals surface area contributed by atoms with Crippen molar-refractivity contribution in [2.45, 2.75) is 12.0 Å². The second kappa shape index (κ2) is 1.57. The van der Waals surface area contributed by atoms with E-state index in [4.69, 9.17) is 18.9 Å². The zero-order valence-corrected chi connectivity index (χ0v) is 5.52. The molecule has 2 atom stereocenters. The first-order valence-electron chi connectivity index (χ1n) is 3.24. The molecule has 0 amide bonds. The van der Waals surface area contributed by atoms with Crippen molar-refractivity contribution in [3.63, 3.8) is 0 Å². The van der Waals surface area contributed by atoms with Gasteiger partial charge in [-0.2, -0.15) is 0 Å². The molecule has 3 aliphatic heterocycles. The summed E-state index contributed by atoms with van der Waals surface area (Å²) in [6.07, 6.45) is 2.35. The summed E-state index contributed by atoms with van der Waals surface area (Å²) in [5, 5.41) is 0. The third-order valence-electron chi connectivity index (χ3n) is 1.89. The number of rotatable bonds is 0. The molecule has 0 N–H and O–H groups in total. The van der Waals surface area contributed by atoms with Crippen molar-refractivity contribution in [2.24, 2.45) is 4.99 Å². The van der Waals surface area contributed by atoms with Crippen LogP contribution in [0.3, 0.4) is 0 Å². The van der Waals surface area contributed by atoms with Gasteiger partial charge in [-0.1, -0.05) is 0 Å². The van der Waals surface area contributed by atoms with Gasteiger partial charge >= 0.3 is 0 Å². The highest BCUT2D eigenvalue weighted by Crippen LogP contribution is 2.42. The first kappa shape index (κ1) is 5.56. The highest BCUT2D eigenvalue weighted by molar-refractivity contribution is 5.56. The van der Waals surface area contributed by atoms with E-state index in [-0.39, 0.29) is 6.79 Å². The van der Waals surface area contributed by atoms with E-state index in [0.717, 1.165) is 0 Å². The van der Waals surface area contributed by atoms with Crippen LogP contribution in [0.25, 0.3) is 0 Å². The first-order chi connectivity index (χ1) is 5.42. The summed E-state index contributed by atoms with van der Waals surface area (Å²) in [6, 6.07) is 0. The second-order valence-corrected chi connectivity index (χ2v) is 2.43. The molecular weight excluding hydrogens is 150 g/mol. The standard InChI is InChI=1S/C6H5NO4/c1-4-6(7-2-9-4)5(8-1)10-3-11-6/h1-2,5H,3H2. The highest BCUT2D eigenvalue weighted by Gasteiger charge is 2.58. The quantitative estimate of drug-likeness (QED) is 0.491. The first-order valence-corrected chi connectivity index (χ1v) is 3.24. The van der Waals surface area contributed by atoms with Crippen LogP contribution < -0.4 is 0 Å². The predicted molar refractivity (Wildman–Crippen MR) is 32.3 cm³/mol. The predicted octanol–water partition coefficient (Wildman–Crippen LogP) is -0.0568. The lowest BCUT2D eigenvalue weighted by Crippen LogP contribution is -2.34. The molecule has 0 aromatic heterocycles. The molecule has 0 radical (unpaired) electrons. The van der Waals surface area contributed by atoms with Crippen molar-refractivity contribution >= 4 is 6.40 Å². The Bertz CT molecular complexity index is 261. The van der Waals surface area contributed by atoms with E-state index in [1.54, 1.807) is 0 Å². The van der Waals surface area contributed by atoms with Gasteiger partial charge in [0.05, 0.1) is 0 Å². The Kier molecular flexibility index (Phi) is 0.793. The van der Waals surface area contributed by atoms with Gasteiger partial charge in [0.1, 0.15) is 6.26 Å². The molecule has 0 aromatic rings. The topological polar surface area (TPSA) is 49.3 Å². The number of hydrogen-bond acceptors (Lipinski definition) is 5. The Morgan fingerprint density at radius 3 is 3.64 bits per heavy atom. The SMILES string of the molecule is C1=NC23OCOC2OC=C3O1. The maximum atomic E-state index is 5.25. The minimum atomic E-state index is -0.819. The molecule has 2 unspecified atom stereocenters. The van der Waals surface area contributed by atoms with Gasteiger partial charge in [0, 0.05) is 0 Å². The summed E-state index contributed by atoms with van der Waals surface area (Å²) < 4.78 is 20.4. The zero-order valence-electron chi connectivity index (χ0n) is 5.52. The number of aliphatic imine (C=N–C) groups is 1. The van der Waals surface area contributed by atoms with E-state index in [9.17, 15) is 0 Å². The van der Waals surface area contributed by atoms with Crippen LogP contribution >= 0.6 is 0 Å². The van der Waals surface area contributed by atoms with Gasteiger partial charge in [-0.25, -0.2) is 4.99 Å². The van der Waals surface area contributed by atoms with Crippen molar-refractivity contribution in [3.05, 3.63) is 12.0 Å². The Balaban J connectivity index is 2.11. The summed E-state index contributed by atoms with van der Waals surface area (Å²) in [5.74, 6) is 0.569. The van der Waals surface area contributed by atoms with E-state index in [2.05, 4.69) is 4.99 Å². The van der Waals surface area contributed by atoms with Crippen LogP contribution in [0, 0.1) is 0 Å². The minimum Gasteiger partial charge on any atom is -0.463 e. The maximum absolute atomic E-state index is 5.25. The molecule has 0 saturated carbocycles. The van der Waals surface area contributed by atoms with Crippen LogP contribution in [0.15, 0.2) is 17.0 Å². The summed E-state index contributed by atoms with van der Waals surface area (Å²) in [7, 11) is 0. The molecule has 3 rings (SSSR count). The van der Waals surface area contributed by atoms with Crippen molar-refractivity contribution in [3.8, 4) is 0 Å². The van der Waals surface area contributed by atoms with Gasteiger partial charge in [0.15, 0.2) is 13.2 Å². The Labute approximate surface area is 62.2 Å². The number of nitrogens with zero attached hydrogens (tertiary/aromatic N) is 1. The molecule has 0 aromatic carbocycles. The van der Waals surface area contributed by atoms with Crippen LogP contribution in [-0.2, 0) is 18.9 Å². The van der Waals surface area contributed by atoms with Crippen LogP contribution in [0.5, 0.6) is 0 Å². The van der Waals surface area contributed by atoms with Crippen LogP contribution in [0.4, 0.5) is 0 Å². The van der Waals surface area contributed by atoms with Gasteiger partial charge < -0.3 is 18.9 Å². The second-order valence-electron chi connectivity index (χ2n) is 2.43. The maximum Gasteiger partial charge on any atom is 0.289 e. The Morgan fingerprint density at radius 1 is 1.64 bits per heavy atom. The van der Waals surface area contributed by atoms with E-state index < -0.39 is 12.0 Å². The number of ether oxygens (including phenoxy) is 4. The van der Waals surface area contributed by atoms with E-state index >= 15 is 0 Å². The lowest BCUT2D eigenvalue weighted by molar-refractivity contribution is -0.0749. The summed E-state index contributed by atoms with van der Waals surface area (Å²) in [6.45, 7) is 0.197. The van der Waals surface area contributed by atoms with Crippen molar-refractivity contribution < 1.29 is 18.9 Å². The van der Waals surface area contributed by atoms with Gasteiger partial charge in [-0.15, -0.1) is 0 Å². The average molecular weight is 155 g/mol. The lowest BCUT2D eigenvalue weighted by atomic mass is 10.2. The van der Waals surface area contributed by atoms with E-state index in [1.165, 1.54) is 12.7 Å². The molecule has 0 bridgehead atoms. The van der Waals surface area contributed by atoms with Crippen molar-refractivity contribution in [1.29, 1.82) is 0 Å².